The Bertz CT molecular complexity index is 402. The van der Waals surface area contributed by atoms with E-state index in [9.17, 15) is 5.11 Å². The van der Waals surface area contributed by atoms with E-state index in [0.29, 0.717) is 12.3 Å². The molecule has 1 aromatic carbocycles. The summed E-state index contributed by atoms with van der Waals surface area (Å²) in [6.07, 6.45) is 3.45. The molecule has 0 aromatic heterocycles. The number of benzene rings is 1. The molecule has 100 valence electrons. The van der Waals surface area contributed by atoms with Crippen LogP contribution in [0.2, 0.25) is 0 Å². The normalized spacial score (nSPS) is 28.3. The van der Waals surface area contributed by atoms with Crippen molar-refractivity contribution in [1.82, 2.24) is 0 Å². The lowest BCUT2D eigenvalue weighted by Gasteiger charge is -2.41. The van der Waals surface area contributed by atoms with E-state index in [2.05, 4.69) is 20.8 Å². The van der Waals surface area contributed by atoms with Gasteiger partial charge >= 0.3 is 0 Å². The highest BCUT2D eigenvalue weighted by molar-refractivity contribution is 5.37. The zero-order chi connectivity index (χ0) is 13.2. The summed E-state index contributed by atoms with van der Waals surface area (Å²) in [4.78, 5) is 0. The molecule has 2 rings (SSSR count). The maximum absolute atomic E-state index is 10.3. The summed E-state index contributed by atoms with van der Waals surface area (Å²) in [6.45, 7) is 6.62. The lowest BCUT2D eigenvalue weighted by Crippen LogP contribution is -2.42. The second-order valence-corrected chi connectivity index (χ2v) is 5.61. The number of fused-ring (bicyclic) bond motifs is 1. The van der Waals surface area contributed by atoms with Crippen LogP contribution in [0.15, 0.2) is 24.3 Å². The summed E-state index contributed by atoms with van der Waals surface area (Å²) in [7, 11) is 0. The maximum atomic E-state index is 10.3. The van der Waals surface area contributed by atoms with E-state index in [1.54, 1.807) is 0 Å². The van der Waals surface area contributed by atoms with Crippen molar-refractivity contribution < 1.29 is 9.84 Å². The van der Waals surface area contributed by atoms with Gasteiger partial charge in [-0.3, -0.25) is 0 Å². The topological polar surface area (TPSA) is 29.5 Å². The van der Waals surface area contributed by atoms with Crippen LogP contribution in [-0.2, 0) is 0 Å². The lowest BCUT2D eigenvalue weighted by molar-refractivity contribution is -0.0318. The van der Waals surface area contributed by atoms with Gasteiger partial charge in [-0.1, -0.05) is 45.4 Å². The summed E-state index contributed by atoms with van der Waals surface area (Å²) in [5.74, 6) is 1.49. The molecule has 3 atom stereocenters. The van der Waals surface area contributed by atoms with E-state index in [-0.39, 0.29) is 11.7 Å². The molecule has 18 heavy (non-hydrogen) atoms. The third-order valence-electron chi connectivity index (χ3n) is 4.23. The Balaban J connectivity index is 2.26. The summed E-state index contributed by atoms with van der Waals surface area (Å²) < 4.78 is 6.25. The summed E-state index contributed by atoms with van der Waals surface area (Å²) >= 11 is 0. The van der Waals surface area contributed by atoms with Crippen LogP contribution in [0.1, 0.15) is 58.1 Å². The van der Waals surface area contributed by atoms with Crippen molar-refractivity contribution in [2.24, 2.45) is 5.92 Å². The van der Waals surface area contributed by atoms with Gasteiger partial charge in [-0.15, -0.1) is 0 Å². The summed E-state index contributed by atoms with van der Waals surface area (Å²) in [6, 6.07) is 7.86. The van der Waals surface area contributed by atoms with Crippen molar-refractivity contribution in [3.8, 4) is 5.75 Å². The van der Waals surface area contributed by atoms with Gasteiger partial charge in [0.25, 0.3) is 0 Å². The Morgan fingerprint density at radius 2 is 2.11 bits per heavy atom. The highest BCUT2D eigenvalue weighted by Crippen LogP contribution is 2.43. The molecule has 1 aliphatic rings. The molecule has 0 fully saturated rings. The van der Waals surface area contributed by atoms with Gasteiger partial charge in [0.1, 0.15) is 11.4 Å². The molecule has 1 N–H and O–H groups in total. The first-order valence-electron chi connectivity index (χ1n) is 7.06. The van der Waals surface area contributed by atoms with Gasteiger partial charge in [0.15, 0.2) is 0 Å². The Labute approximate surface area is 110 Å². The molecule has 1 aromatic rings. The minimum Gasteiger partial charge on any atom is -0.487 e. The van der Waals surface area contributed by atoms with Gasteiger partial charge in [0.05, 0.1) is 6.10 Å². The zero-order valence-corrected chi connectivity index (χ0v) is 11.6. The van der Waals surface area contributed by atoms with Gasteiger partial charge in [-0.25, -0.2) is 0 Å². The highest BCUT2D eigenvalue weighted by atomic mass is 16.5. The molecule has 1 heterocycles. The second-order valence-electron chi connectivity index (χ2n) is 5.61. The van der Waals surface area contributed by atoms with Crippen LogP contribution in [0.25, 0.3) is 0 Å². The monoisotopic (exact) mass is 248 g/mol. The molecular weight excluding hydrogens is 224 g/mol. The quantitative estimate of drug-likeness (QED) is 0.869. The smallest absolute Gasteiger partial charge is 0.125 e. The van der Waals surface area contributed by atoms with Crippen molar-refractivity contribution in [2.45, 2.75) is 58.2 Å². The van der Waals surface area contributed by atoms with E-state index >= 15 is 0 Å². The molecule has 0 spiro atoms. The maximum Gasteiger partial charge on any atom is 0.125 e. The standard InChI is InChI=1S/C16H24O2/c1-4-12(3)10-16(5-2)11-14(17)13-8-6-7-9-15(13)18-16/h6-9,12,14,17H,4-5,10-11H2,1-3H3. The number of hydrogen-bond donors (Lipinski definition) is 1. The van der Waals surface area contributed by atoms with Crippen molar-refractivity contribution >= 4 is 0 Å². The third-order valence-corrected chi connectivity index (χ3v) is 4.23. The minimum absolute atomic E-state index is 0.191. The van der Waals surface area contributed by atoms with Crippen LogP contribution in [0, 0.1) is 5.92 Å². The van der Waals surface area contributed by atoms with Gasteiger partial charge in [-0.2, -0.15) is 0 Å². The second kappa shape index (κ2) is 5.31. The zero-order valence-electron chi connectivity index (χ0n) is 11.6. The molecule has 2 heteroatoms. The van der Waals surface area contributed by atoms with Gasteiger partial charge in [0.2, 0.25) is 0 Å². The largest absolute Gasteiger partial charge is 0.487 e. The Morgan fingerprint density at radius 1 is 1.39 bits per heavy atom. The number of rotatable bonds is 4. The highest BCUT2D eigenvalue weighted by Gasteiger charge is 2.39. The Kier molecular flexibility index (Phi) is 3.96. The molecule has 0 aliphatic carbocycles. The number of aliphatic hydroxyl groups is 1. The number of para-hydroxylation sites is 1. The van der Waals surface area contributed by atoms with Crippen molar-refractivity contribution in [2.75, 3.05) is 0 Å². The summed E-state index contributed by atoms with van der Waals surface area (Å²) in [5, 5.41) is 10.3. The molecule has 0 bridgehead atoms. The SMILES string of the molecule is CCC(C)CC1(CC)CC(O)c2ccccc2O1. The van der Waals surface area contributed by atoms with Crippen molar-refractivity contribution in [1.29, 1.82) is 0 Å². The van der Waals surface area contributed by atoms with E-state index in [0.717, 1.165) is 30.6 Å². The van der Waals surface area contributed by atoms with Gasteiger partial charge < -0.3 is 9.84 Å². The molecule has 1 aliphatic heterocycles. The van der Waals surface area contributed by atoms with Crippen LogP contribution >= 0.6 is 0 Å². The van der Waals surface area contributed by atoms with Crippen LogP contribution in [0.3, 0.4) is 0 Å². The lowest BCUT2D eigenvalue weighted by atomic mass is 9.80. The molecular formula is C16H24O2. The fraction of sp³-hybridized carbons (Fsp3) is 0.625. The van der Waals surface area contributed by atoms with Crippen LogP contribution < -0.4 is 4.74 Å². The van der Waals surface area contributed by atoms with Crippen molar-refractivity contribution in [3.05, 3.63) is 29.8 Å². The first kappa shape index (κ1) is 13.4. The minimum atomic E-state index is -0.390. The molecule has 0 saturated carbocycles. The van der Waals surface area contributed by atoms with Crippen LogP contribution in [0.5, 0.6) is 5.75 Å². The van der Waals surface area contributed by atoms with Gasteiger partial charge in [-0.05, 0) is 24.8 Å². The van der Waals surface area contributed by atoms with E-state index < -0.39 is 0 Å². The number of aliphatic hydroxyl groups excluding tert-OH is 1. The van der Waals surface area contributed by atoms with Crippen LogP contribution in [-0.4, -0.2) is 10.7 Å². The Hall–Kier alpha value is -1.02. The van der Waals surface area contributed by atoms with E-state index in [1.165, 1.54) is 0 Å². The predicted molar refractivity (Wildman–Crippen MR) is 73.7 cm³/mol. The molecule has 0 amide bonds. The number of ether oxygens (including phenoxy) is 1. The molecule has 3 unspecified atom stereocenters. The molecule has 0 saturated heterocycles. The third kappa shape index (κ3) is 2.54. The summed E-state index contributed by atoms with van der Waals surface area (Å²) in [5.41, 5.74) is 0.745. The average molecular weight is 248 g/mol. The fourth-order valence-corrected chi connectivity index (χ4v) is 2.85. The fourth-order valence-electron chi connectivity index (χ4n) is 2.85. The molecule has 2 nitrogen and oxygen atoms in total. The predicted octanol–water partition coefficient (Wildman–Crippen LogP) is 4.09. The average Bonchev–Trinajstić information content (AvgIpc) is 2.38. The first-order valence-corrected chi connectivity index (χ1v) is 7.06. The Morgan fingerprint density at radius 3 is 2.78 bits per heavy atom. The van der Waals surface area contributed by atoms with E-state index in [4.69, 9.17) is 4.74 Å². The molecule has 0 radical (unpaired) electrons. The number of hydrogen-bond acceptors (Lipinski definition) is 2. The first-order chi connectivity index (χ1) is 8.60. The van der Waals surface area contributed by atoms with E-state index in [1.807, 2.05) is 24.3 Å². The van der Waals surface area contributed by atoms with Crippen molar-refractivity contribution in [3.63, 3.8) is 0 Å². The van der Waals surface area contributed by atoms with Crippen LogP contribution in [0.4, 0.5) is 0 Å². The van der Waals surface area contributed by atoms with Gasteiger partial charge in [0, 0.05) is 12.0 Å².